The van der Waals surface area contributed by atoms with Crippen LogP contribution in [0.2, 0.25) is 0 Å². The first kappa shape index (κ1) is 12.2. The Hall–Kier alpha value is -2.26. The Bertz CT molecular complexity index is 536. The fourth-order valence-electron chi connectivity index (χ4n) is 1.64. The van der Waals surface area contributed by atoms with E-state index in [9.17, 15) is 10.2 Å². The Kier molecular flexibility index (Phi) is 3.65. The average Bonchev–Trinajstić information content (AvgIpc) is 2.36. The van der Waals surface area contributed by atoms with Crippen LogP contribution in [0.5, 0.6) is 11.5 Å². The topological polar surface area (TPSA) is 60.7 Å². The maximum Gasteiger partial charge on any atom is 0.119 e. The Balaban J connectivity index is 2.18. The Morgan fingerprint density at radius 2 is 1.33 bits per heavy atom. The molecule has 0 aliphatic carbocycles. The van der Waals surface area contributed by atoms with E-state index in [4.69, 9.17) is 5.11 Å². The minimum Gasteiger partial charge on any atom is -0.508 e. The molecule has 2 rings (SSSR count). The van der Waals surface area contributed by atoms with Gasteiger partial charge in [0, 0.05) is 6.07 Å². The molecule has 0 saturated heterocycles. The van der Waals surface area contributed by atoms with Crippen LogP contribution in [-0.4, -0.2) is 15.3 Å². The Morgan fingerprint density at radius 1 is 0.778 bits per heavy atom. The molecule has 3 N–H and O–H groups in total. The molecule has 0 bridgehead atoms. The van der Waals surface area contributed by atoms with Crippen LogP contribution < -0.4 is 0 Å². The molecule has 0 aromatic heterocycles. The first-order valence-electron chi connectivity index (χ1n) is 5.58. The lowest BCUT2D eigenvalue weighted by Gasteiger charge is -1.99. The second-order valence-electron chi connectivity index (χ2n) is 4.02. The van der Waals surface area contributed by atoms with Gasteiger partial charge in [0.2, 0.25) is 0 Å². The van der Waals surface area contributed by atoms with Gasteiger partial charge in [-0.2, -0.15) is 0 Å². The van der Waals surface area contributed by atoms with Crippen LogP contribution in [0.3, 0.4) is 0 Å². The van der Waals surface area contributed by atoms with E-state index in [2.05, 4.69) is 0 Å². The summed E-state index contributed by atoms with van der Waals surface area (Å²) in [4.78, 5) is 0. The largest absolute Gasteiger partial charge is 0.508 e. The summed E-state index contributed by atoms with van der Waals surface area (Å²) in [6, 6.07) is 11.9. The Labute approximate surface area is 105 Å². The van der Waals surface area contributed by atoms with Gasteiger partial charge in [0.05, 0.1) is 6.61 Å². The maximum absolute atomic E-state index is 9.34. The third-order valence-corrected chi connectivity index (χ3v) is 2.56. The summed E-state index contributed by atoms with van der Waals surface area (Å²) >= 11 is 0. The normalized spacial score (nSPS) is 10.9. The van der Waals surface area contributed by atoms with Crippen LogP contribution in [0, 0.1) is 0 Å². The molecule has 0 aliphatic rings. The predicted molar refractivity (Wildman–Crippen MR) is 71.1 cm³/mol. The SMILES string of the molecule is OCc1ccc(/C=C/c2cc(O)cc(O)c2)cc1. The summed E-state index contributed by atoms with van der Waals surface area (Å²) < 4.78 is 0. The highest BCUT2D eigenvalue weighted by atomic mass is 16.3. The molecule has 0 heterocycles. The monoisotopic (exact) mass is 242 g/mol. The second kappa shape index (κ2) is 5.38. The molecule has 0 saturated carbocycles. The van der Waals surface area contributed by atoms with Gasteiger partial charge in [0.15, 0.2) is 0 Å². The molecule has 2 aromatic rings. The molecule has 3 heteroatoms. The highest BCUT2D eigenvalue weighted by Crippen LogP contribution is 2.21. The van der Waals surface area contributed by atoms with Gasteiger partial charge >= 0.3 is 0 Å². The van der Waals surface area contributed by atoms with Gasteiger partial charge in [0.1, 0.15) is 11.5 Å². The van der Waals surface area contributed by atoms with Crippen molar-refractivity contribution in [3.63, 3.8) is 0 Å². The molecule has 0 radical (unpaired) electrons. The average molecular weight is 242 g/mol. The summed E-state index contributed by atoms with van der Waals surface area (Å²) in [6.45, 7) is 0.0322. The van der Waals surface area contributed by atoms with E-state index in [0.717, 1.165) is 16.7 Å². The van der Waals surface area contributed by atoms with Crippen LogP contribution in [0.25, 0.3) is 12.2 Å². The van der Waals surface area contributed by atoms with Gasteiger partial charge in [-0.1, -0.05) is 36.4 Å². The van der Waals surface area contributed by atoms with E-state index in [-0.39, 0.29) is 18.1 Å². The van der Waals surface area contributed by atoms with Gasteiger partial charge in [-0.3, -0.25) is 0 Å². The van der Waals surface area contributed by atoms with Crippen molar-refractivity contribution in [3.05, 3.63) is 59.2 Å². The van der Waals surface area contributed by atoms with Crippen molar-refractivity contribution < 1.29 is 15.3 Å². The van der Waals surface area contributed by atoms with E-state index in [1.54, 1.807) is 18.2 Å². The van der Waals surface area contributed by atoms with E-state index >= 15 is 0 Å². The second-order valence-corrected chi connectivity index (χ2v) is 4.02. The molecule has 0 aliphatic heterocycles. The molecule has 18 heavy (non-hydrogen) atoms. The van der Waals surface area contributed by atoms with E-state index in [1.165, 1.54) is 6.07 Å². The summed E-state index contributed by atoms with van der Waals surface area (Å²) in [5.74, 6) is 0.0653. The van der Waals surface area contributed by atoms with Crippen LogP contribution in [0.4, 0.5) is 0 Å². The van der Waals surface area contributed by atoms with Gasteiger partial charge in [-0.05, 0) is 28.8 Å². The van der Waals surface area contributed by atoms with Gasteiger partial charge < -0.3 is 15.3 Å². The highest BCUT2D eigenvalue weighted by molar-refractivity contribution is 5.70. The number of phenolic OH excluding ortho intramolecular Hbond substituents is 2. The quantitative estimate of drug-likeness (QED) is 0.725. The number of benzene rings is 2. The standard InChI is InChI=1S/C15H14O3/c16-10-12-4-1-11(2-5-12)3-6-13-7-14(17)9-15(18)8-13/h1-9,16-18H,10H2/b6-3+. The predicted octanol–water partition coefficient (Wildman–Crippen LogP) is 2.76. The van der Waals surface area contributed by atoms with Crippen molar-refractivity contribution in [3.8, 4) is 11.5 Å². The molecule has 3 nitrogen and oxygen atoms in total. The first-order valence-corrected chi connectivity index (χ1v) is 5.58. The smallest absolute Gasteiger partial charge is 0.119 e. The third-order valence-electron chi connectivity index (χ3n) is 2.56. The number of aromatic hydroxyl groups is 2. The van der Waals surface area contributed by atoms with Crippen LogP contribution in [0.15, 0.2) is 42.5 Å². The lowest BCUT2D eigenvalue weighted by Crippen LogP contribution is -1.81. The minimum atomic E-state index is 0.0322. The molecular formula is C15H14O3. The van der Waals surface area contributed by atoms with Gasteiger partial charge in [0.25, 0.3) is 0 Å². The van der Waals surface area contributed by atoms with Crippen LogP contribution in [0.1, 0.15) is 16.7 Å². The molecule has 0 amide bonds. The van der Waals surface area contributed by atoms with Crippen molar-refractivity contribution in [2.75, 3.05) is 0 Å². The van der Waals surface area contributed by atoms with Crippen molar-refractivity contribution in [2.24, 2.45) is 0 Å². The van der Waals surface area contributed by atoms with Gasteiger partial charge in [-0.15, -0.1) is 0 Å². The fourth-order valence-corrected chi connectivity index (χ4v) is 1.64. The van der Waals surface area contributed by atoms with Crippen LogP contribution >= 0.6 is 0 Å². The van der Waals surface area contributed by atoms with E-state index < -0.39 is 0 Å². The summed E-state index contributed by atoms with van der Waals surface area (Å²) in [5.41, 5.74) is 2.57. The van der Waals surface area contributed by atoms with Crippen molar-refractivity contribution in [1.82, 2.24) is 0 Å². The zero-order valence-corrected chi connectivity index (χ0v) is 9.74. The molecular weight excluding hydrogens is 228 g/mol. The fraction of sp³-hybridized carbons (Fsp3) is 0.0667. The number of phenols is 2. The minimum absolute atomic E-state index is 0.0322. The molecule has 2 aromatic carbocycles. The van der Waals surface area contributed by atoms with Crippen molar-refractivity contribution in [2.45, 2.75) is 6.61 Å². The number of aliphatic hydroxyl groups is 1. The first-order chi connectivity index (χ1) is 8.67. The zero-order valence-electron chi connectivity index (χ0n) is 9.74. The zero-order chi connectivity index (χ0) is 13.0. The molecule has 0 atom stereocenters. The third kappa shape index (κ3) is 3.12. The molecule has 0 unspecified atom stereocenters. The van der Waals surface area contributed by atoms with Gasteiger partial charge in [-0.25, -0.2) is 0 Å². The molecule has 0 fully saturated rings. The molecule has 92 valence electrons. The van der Waals surface area contributed by atoms with Crippen molar-refractivity contribution in [1.29, 1.82) is 0 Å². The van der Waals surface area contributed by atoms with E-state index in [0.29, 0.717) is 0 Å². The number of hydrogen-bond acceptors (Lipinski definition) is 3. The highest BCUT2D eigenvalue weighted by Gasteiger charge is 1.96. The molecule has 0 spiro atoms. The number of rotatable bonds is 3. The summed E-state index contributed by atoms with van der Waals surface area (Å²) in [6.07, 6.45) is 3.67. The summed E-state index contributed by atoms with van der Waals surface area (Å²) in [5, 5.41) is 27.6. The lowest BCUT2D eigenvalue weighted by molar-refractivity contribution is 0.282. The maximum atomic E-state index is 9.34. The lowest BCUT2D eigenvalue weighted by atomic mass is 10.1. The van der Waals surface area contributed by atoms with Crippen molar-refractivity contribution >= 4 is 12.2 Å². The summed E-state index contributed by atoms with van der Waals surface area (Å²) in [7, 11) is 0. The number of hydrogen-bond donors (Lipinski definition) is 3. The van der Waals surface area contributed by atoms with Crippen LogP contribution in [-0.2, 0) is 6.61 Å². The van der Waals surface area contributed by atoms with E-state index in [1.807, 2.05) is 30.3 Å². The Morgan fingerprint density at radius 3 is 1.89 bits per heavy atom. The number of aliphatic hydroxyl groups excluding tert-OH is 1.